The van der Waals surface area contributed by atoms with Crippen molar-refractivity contribution in [2.75, 3.05) is 25.6 Å². The van der Waals surface area contributed by atoms with Crippen LogP contribution in [0.25, 0.3) is 10.2 Å². The number of carbonyl (C=O) groups excluding carboxylic acids is 1. The Bertz CT molecular complexity index is 876. The number of aromatic nitrogens is 1. The van der Waals surface area contributed by atoms with Gasteiger partial charge in [-0.25, -0.2) is 4.98 Å². The summed E-state index contributed by atoms with van der Waals surface area (Å²) in [7, 11) is 1.67. The second kappa shape index (κ2) is 8.09. The Morgan fingerprint density at radius 3 is 2.92 bits per heavy atom. The second-order valence-electron chi connectivity index (χ2n) is 5.59. The summed E-state index contributed by atoms with van der Waals surface area (Å²) in [5.41, 5.74) is 2.24. The van der Waals surface area contributed by atoms with Crippen LogP contribution in [-0.2, 0) is 4.74 Å². The Balaban J connectivity index is 1.67. The summed E-state index contributed by atoms with van der Waals surface area (Å²) in [5.74, 6) is 0.576. The average molecular weight is 356 g/mol. The highest BCUT2D eigenvalue weighted by Crippen LogP contribution is 2.24. The fourth-order valence-electron chi connectivity index (χ4n) is 2.44. The lowest BCUT2D eigenvalue weighted by molar-refractivity contribution is 0.102. The van der Waals surface area contributed by atoms with E-state index in [2.05, 4.69) is 10.3 Å². The number of nitrogens with one attached hydrogen (secondary N) is 1. The molecule has 3 rings (SSSR count). The van der Waals surface area contributed by atoms with E-state index in [0.717, 1.165) is 27.4 Å². The van der Waals surface area contributed by atoms with Gasteiger partial charge in [0.2, 0.25) is 0 Å². The van der Waals surface area contributed by atoms with Crippen LogP contribution in [0.3, 0.4) is 0 Å². The van der Waals surface area contributed by atoms with Crippen molar-refractivity contribution >= 4 is 33.1 Å². The van der Waals surface area contributed by atoms with Crippen molar-refractivity contribution in [3.63, 3.8) is 0 Å². The summed E-state index contributed by atoms with van der Waals surface area (Å²) in [4.78, 5) is 16.9. The molecule has 6 heteroatoms. The number of hydrogen-bond acceptors (Lipinski definition) is 5. The molecule has 0 radical (unpaired) electrons. The highest BCUT2D eigenvalue weighted by molar-refractivity contribution is 7.18. The van der Waals surface area contributed by atoms with Gasteiger partial charge in [-0.2, -0.15) is 0 Å². The first kappa shape index (κ1) is 17.4. The van der Waals surface area contributed by atoms with Gasteiger partial charge in [-0.3, -0.25) is 4.79 Å². The van der Waals surface area contributed by atoms with E-state index >= 15 is 0 Å². The van der Waals surface area contributed by atoms with E-state index in [1.807, 2.05) is 43.3 Å². The van der Waals surface area contributed by atoms with E-state index in [0.29, 0.717) is 24.5 Å². The predicted octanol–water partition coefficient (Wildman–Crippen LogP) is 4.27. The van der Waals surface area contributed by atoms with Crippen LogP contribution in [0, 0.1) is 6.92 Å². The number of amides is 1. The van der Waals surface area contributed by atoms with Gasteiger partial charge < -0.3 is 14.8 Å². The molecule has 0 saturated carbocycles. The van der Waals surface area contributed by atoms with Crippen molar-refractivity contribution in [1.82, 2.24) is 4.98 Å². The van der Waals surface area contributed by atoms with Crippen LogP contribution in [0.5, 0.6) is 5.75 Å². The molecule has 0 atom stereocenters. The Labute approximate surface area is 150 Å². The Kier molecular flexibility index (Phi) is 5.63. The van der Waals surface area contributed by atoms with Crippen molar-refractivity contribution in [2.45, 2.75) is 13.3 Å². The number of nitrogens with zero attached hydrogens (tertiary/aromatic N) is 1. The minimum Gasteiger partial charge on any atom is -0.493 e. The SMILES string of the molecule is COCCCOc1cccc(NC(=O)c2ccc3nc(C)sc3c2)c1. The van der Waals surface area contributed by atoms with Crippen LogP contribution in [0.4, 0.5) is 5.69 Å². The molecule has 0 aliphatic heterocycles. The van der Waals surface area contributed by atoms with Crippen LogP contribution in [0.15, 0.2) is 42.5 Å². The zero-order valence-electron chi connectivity index (χ0n) is 14.2. The molecule has 0 spiro atoms. The number of hydrogen-bond donors (Lipinski definition) is 1. The van der Waals surface area contributed by atoms with Gasteiger partial charge >= 0.3 is 0 Å². The molecule has 0 aliphatic carbocycles. The van der Waals surface area contributed by atoms with E-state index in [1.54, 1.807) is 24.5 Å². The number of fused-ring (bicyclic) bond motifs is 1. The molecule has 5 nitrogen and oxygen atoms in total. The highest BCUT2D eigenvalue weighted by Gasteiger charge is 2.09. The second-order valence-corrected chi connectivity index (χ2v) is 6.83. The van der Waals surface area contributed by atoms with Crippen LogP contribution in [0.2, 0.25) is 0 Å². The molecular weight excluding hydrogens is 336 g/mol. The number of carbonyl (C=O) groups is 1. The number of benzene rings is 2. The third-order valence-electron chi connectivity index (χ3n) is 3.61. The van der Waals surface area contributed by atoms with Crippen molar-refractivity contribution in [2.24, 2.45) is 0 Å². The normalized spacial score (nSPS) is 10.8. The number of rotatable bonds is 7. The first-order chi connectivity index (χ1) is 12.2. The first-order valence-electron chi connectivity index (χ1n) is 8.06. The molecule has 25 heavy (non-hydrogen) atoms. The van der Waals surface area contributed by atoms with Crippen molar-refractivity contribution in [1.29, 1.82) is 0 Å². The number of ether oxygens (including phenoxy) is 2. The van der Waals surface area contributed by atoms with Crippen LogP contribution >= 0.6 is 11.3 Å². The molecule has 0 unspecified atom stereocenters. The molecule has 2 aromatic carbocycles. The third-order valence-corrected chi connectivity index (χ3v) is 4.54. The lowest BCUT2D eigenvalue weighted by atomic mass is 10.2. The molecule has 0 aliphatic rings. The maximum Gasteiger partial charge on any atom is 0.255 e. The molecule has 130 valence electrons. The van der Waals surface area contributed by atoms with Crippen LogP contribution in [-0.4, -0.2) is 31.2 Å². The van der Waals surface area contributed by atoms with Crippen LogP contribution in [0.1, 0.15) is 21.8 Å². The third kappa shape index (κ3) is 4.55. The van der Waals surface area contributed by atoms with E-state index in [-0.39, 0.29) is 5.91 Å². The molecule has 1 aromatic heterocycles. The fraction of sp³-hybridized carbons (Fsp3) is 0.263. The Morgan fingerprint density at radius 2 is 2.08 bits per heavy atom. The van der Waals surface area contributed by atoms with Gasteiger partial charge in [0.1, 0.15) is 5.75 Å². The van der Waals surface area contributed by atoms with E-state index in [9.17, 15) is 4.79 Å². The number of methoxy groups -OCH3 is 1. The Hall–Kier alpha value is -2.44. The average Bonchev–Trinajstić information content (AvgIpc) is 2.98. The van der Waals surface area contributed by atoms with Gasteiger partial charge in [0.05, 0.1) is 21.8 Å². The molecule has 0 saturated heterocycles. The largest absolute Gasteiger partial charge is 0.493 e. The standard InChI is InChI=1S/C19H20N2O3S/c1-13-20-17-8-7-14(11-18(17)25-13)19(22)21-15-5-3-6-16(12-15)24-10-4-9-23-2/h3,5-8,11-12H,4,9-10H2,1-2H3,(H,21,22). The Morgan fingerprint density at radius 1 is 1.20 bits per heavy atom. The van der Waals surface area contributed by atoms with E-state index < -0.39 is 0 Å². The summed E-state index contributed by atoms with van der Waals surface area (Å²) < 4.78 is 11.7. The van der Waals surface area contributed by atoms with E-state index in [4.69, 9.17) is 9.47 Å². The van der Waals surface area contributed by atoms with Crippen molar-refractivity contribution < 1.29 is 14.3 Å². The van der Waals surface area contributed by atoms with Gasteiger partial charge in [0, 0.05) is 37.5 Å². The summed E-state index contributed by atoms with van der Waals surface area (Å²) in [6, 6.07) is 12.9. The number of aryl methyl sites for hydroxylation is 1. The summed E-state index contributed by atoms with van der Waals surface area (Å²) in [6.45, 7) is 3.20. The number of anilines is 1. The predicted molar refractivity (Wildman–Crippen MR) is 101 cm³/mol. The maximum atomic E-state index is 12.5. The molecule has 0 bridgehead atoms. The lowest BCUT2D eigenvalue weighted by Gasteiger charge is -2.09. The van der Waals surface area contributed by atoms with Crippen molar-refractivity contribution in [3.05, 3.63) is 53.0 Å². The van der Waals surface area contributed by atoms with Gasteiger partial charge in [0.15, 0.2) is 0 Å². The topological polar surface area (TPSA) is 60.5 Å². The summed E-state index contributed by atoms with van der Waals surface area (Å²) in [6.07, 6.45) is 0.821. The number of thiazole rings is 1. The zero-order chi connectivity index (χ0) is 17.6. The molecule has 1 heterocycles. The minimum absolute atomic E-state index is 0.149. The maximum absolute atomic E-state index is 12.5. The van der Waals surface area contributed by atoms with Gasteiger partial charge in [0.25, 0.3) is 5.91 Å². The van der Waals surface area contributed by atoms with Gasteiger partial charge in [-0.15, -0.1) is 11.3 Å². The first-order valence-corrected chi connectivity index (χ1v) is 8.88. The van der Waals surface area contributed by atoms with Gasteiger partial charge in [-0.1, -0.05) is 6.07 Å². The van der Waals surface area contributed by atoms with Gasteiger partial charge in [-0.05, 0) is 37.3 Å². The molecular formula is C19H20N2O3S. The highest BCUT2D eigenvalue weighted by atomic mass is 32.1. The monoisotopic (exact) mass is 356 g/mol. The fourth-order valence-corrected chi connectivity index (χ4v) is 3.31. The smallest absolute Gasteiger partial charge is 0.255 e. The zero-order valence-corrected chi connectivity index (χ0v) is 15.1. The van der Waals surface area contributed by atoms with Crippen molar-refractivity contribution in [3.8, 4) is 5.75 Å². The quantitative estimate of drug-likeness (QED) is 0.642. The van der Waals surface area contributed by atoms with Crippen LogP contribution < -0.4 is 10.1 Å². The molecule has 1 amide bonds. The molecule has 3 aromatic rings. The lowest BCUT2D eigenvalue weighted by Crippen LogP contribution is -2.11. The minimum atomic E-state index is -0.149. The summed E-state index contributed by atoms with van der Waals surface area (Å²) in [5, 5.41) is 3.90. The molecule has 1 N–H and O–H groups in total. The summed E-state index contributed by atoms with van der Waals surface area (Å²) >= 11 is 1.58. The molecule has 0 fully saturated rings. The van der Waals surface area contributed by atoms with E-state index in [1.165, 1.54) is 0 Å².